The van der Waals surface area contributed by atoms with Gasteiger partial charge in [0.15, 0.2) is 11.5 Å². The first-order valence-electron chi connectivity index (χ1n) is 9.02. The van der Waals surface area contributed by atoms with Gasteiger partial charge in [-0.2, -0.15) is 0 Å². The van der Waals surface area contributed by atoms with Gasteiger partial charge in [-0.15, -0.1) is 10.2 Å². The summed E-state index contributed by atoms with van der Waals surface area (Å²) >= 11 is 0. The van der Waals surface area contributed by atoms with Crippen LogP contribution in [0.1, 0.15) is 23.0 Å². The maximum atomic E-state index is 12.1. The number of ether oxygens (including phenoxy) is 1. The van der Waals surface area contributed by atoms with Crippen molar-refractivity contribution in [3.05, 3.63) is 47.7 Å². The Morgan fingerprint density at radius 2 is 1.88 bits per heavy atom. The van der Waals surface area contributed by atoms with E-state index in [2.05, 4.69) is 44.8 Å². The number of morpholine rings is 1. The molecule has 1 fully saturated rings. The topological polar surface area (TPSA) is 79.4 Å². The smallest absolute Gasteiger partial charge is 0.271 e. The quantitative estimate of drug-likeness (QED) is 0.789. The maximum Gasteiger partial charge on any atom is 0.271 e. The monoisotopic (exact) mass is 355 g/mol. The lowest BCUT2D eigenvalue weighted by atomic mass is 10.1. The van der Waals surface area contributed by atoms with Gasteiger partial charge in [0.1, 0.15) is 0 Å². The van der Waals surface area contributed by atoms with Crippen LogP contribution in [0.2, 0.25) is 0 Å². The number of nitrogens with zero attached hydrogens (tertiary/aromatic N) is 3. The first-order valence-corrected chi connectivity index (χ1v) is 9.02. The molecular weight excluding hydrogens is 330 g/mol. The molecule has 1 saturated heterocycles. The van der Waals surface area contributed by atoms with E-state index >= 15 is 0 Å². The molecule has 0 saturated carbocycles. The lowest BCUT2D eigenvalue weighted by Crippen LogP contribution is -2.41. The summed E-state index contributed by atoms with van der Waals surface area (Å²) in [7, 11) is 0. The van der Waals surface area contributed by atoms with Gasteiger partial charge in [0.05, 0.1) is 13.2 Å². The molecule has 3 rings (SSSR count). The Bertz CT molecular complexity index is 697. The first kappa shape index (κ1) is 18.3. The van der Waals surface area contributed by atoms with E-state index in [0.717, 1.165) is 45.0 Å². The van der Waals surface area contributed by atoms with E-state index in [0.29, 0.717) is 18.1 Å². The van der Waals surface area contributed by atoms with E-state index in [9.17, 15) is 4.79 Å². The lowest BCUT2D eigenvalue weighted by molar-refractivity contribution is 0.0383. The fourth-order valence-corrected chi connectivity index (χ4v) is 2.73. The van der Waals surface area contributed by atoms with Crippen molar-refractivity contribution in [3.63, 3.8) is 0 Å². The number of aryl methyl sites for hydroxylation is 1. The van der Waals surface area contributed by atoms with Crippen LogP contribution in [0.25, 0.3) is 0 Å². The van der Waals surface area contributed by atoms with Crippen LogP contribution >= 0.6 is 0 Å². The van der Waals surface area contributed by atoms with E-state index < -0.39 is 0 Å². The Kier molecular flexibility index (Phi) is 6.51. The molecule has 0 unspecified atom stereocenters. The van der Waals surface area contributed by atoms with Crippen molar-refractivity contribution >= 4 is 17.4 Å². The second-order valence-electron chi connectivity index (χ2n) is 6.19. The van der Waals surface area contributed by atoms with E-state index in [1.165, 1.54) is 5.56 Å². The van der Waals surface area contributed by atoms with Crippen LogP contribution in [0.3, 0.4) is 0 Å². The van der Waals surface area contributed by atoms with Gasteiger partial charge >= 0.3 is 0 Å². The number of nitrogens with one attached hydrogen (secondary N) is 2. The molecule has 7 nitrogen and oxygen atoms in total. The summed E-state index contributed by atoms with van der Waals surface area (Å²) < 4.78 is 5.31. The van der Waals surface area contributed by atoms with E-state index in [1.807, 2.05) is 12.1 Å². The molecule has 2 N–H and O–H groups in total. The Morgan fingerprint density at radius 3 is 2.54 bits per heavy atom. The average molecular weight is 355 g/mol. The molecule has 138 valence electrons. The Hall–Kier alpha value is -2.51. The number of amides is 1. The summed E-state index contributed by atoms with van der Waals surface area (Å²) in [6.07, 6.45) is 1.01. The molecule has 0 spiro atoms. The number of carbonyl (C=O) groups excluding carboxylic acids is 1. The van der Waals surface area contributed by atoms with Gasteiger partial charge < -0.3 is 15.4 Å². The number of rotatable bonds is 7. The largest absolute Gasteiger partial charge is 0.379 e. The average Bonchev–Trinajstić information content (AvgIpc) is 2.70. The minimum atomic E-state index is -0.204. The van der Waals surface area contributed by atoms with Crippen molar-refractivity contribution in [2.75, 3.05) is 44.7 Å². The molecule has 0 atom stereocenters. The zero-order valence-electron chi connectivity index (χ0n) is 15.1. The SMILES string of the molecule is CCc1ccc(Nc2ccc(C(=O)NCCN3CCOCC3)nn2)cc1. The van der Waals surface area contributed by atoms with Crippen LogP contribution in [-0.4, -0.2) is 60.4 Å². The molecular formula is C19H25N5O2. The van der Waals surface area contributed by atoms with Gasteiger partial charge in [-0.05, 0) is 36.2 Å². The highest BCUT2D eigenvalue weighted by atomic mass is 16.5. The Labute approximate surface area is 153 Å². The van der Waals surface area contributed by atoms with E-state index in [1.54, 1.807) is 12.1 Å². The van der Waals surface area contributed by atoms with Crippen LogP contribution < -0.4 is 10.6 Å². The highest BCUT2D eigenvalue weighted by Gasteiger charge is 2.12. The molecule has 1 aliphatic heterocycles. The third-order valence-electron chi connectivity index (χ3n) is 4.35. The first-order chi connectivity index (χ1) is 12.7. The van der Waals surface area contributed by atoms with Crippen LogP contribution in [0, 0.1) is 0 Å². The van der Waals surface area contributed by atoms with Crippen LogP contribution in [0.5, 0.6) is 0 Å². The molecule has 2 heterocycles. The van der Waals surface area contributed by atoms with Gasteiger partial charge in [0.2, 0.25) is 0 Å². The van der Waals surface area contributed by atoms with Crippen LogP contribution in [0.15, 0.2) is 36.4 Å². The fourth-order valence-electron chi connectivity index (χ4n) is 2.73. The van der Waals surface area contributed by atoms with Crippen LogP contribution in [-0.2, 0) is 11.2 Å². The maximum absolute atomic E-state index is 12.1. The Morgan fingerprint density at radius 1 is 1.12 bits per heavy atom. The van der Waals surface area contributed by atoms with E-state index in [-0.39, 0.29) is 5.91 Å². The second-order valence-corrected chi connectivity index (χ2v) is 6.19. The molecule has 1 aliphatic rings. The molecule has 0 aliphatic carbocycles. The predicted octanol–water partition coefficient (Wildman–Crippen LogP) is 1.84. The Balaban J connectivity index is 1.47. The lowest BCUT2D eigenvalue weighted by Gasteiger charge is -2.26. The van der Waals surface area contributed by atoms with Crippen molar-refractivity contribution in [1.29, 1.82) is 0 Å². The summed E-state index contributed by atoms with van der Waals surface area (Å²) in [6.45, 7) is 6.87. The van der Waals surface area contributed by atoms with E-state index in [4.69, 9.17) is 4.74 Å². The highest BCUT2D eigenvalue weighted by molar-refractivity contribution is 5.92. The van der Waals surface area contributed by atoms with Crippen molar-refractivity contribution in [1.82, 2.24) is 20.4 Å². The molecule has 26 heavy (non-hydrogen) atoms. The second kappa shape index (κ2) is 9.26. The van der Waals surface area contributed by atoms with Crippen molar-refractivity contribution in [2.24, 2.45) is 0 Å². The minimum absolute atomic E-state index is 0.204. The van der Waals surface area contributed by atoms with Gasteiger partial charge in [-0.3, -0.25) is 9.69 Å². The molecule has 0 bridgehead atoms. The number of anilines is 2. The molecule has 1 amide bonds. The summed E-state index contributed by atoms with van der Waals surface area (Å²) in [6, 6.07) is 11.6. The van der Waals surface area contributed by atoms with Gasteiger partial charge in [-0.25, -0.2) is 0 Å². The van der Waals surface area contributed by atoms with Crippen molar-refractivity contribution in [2.45, 2.75) is 13.3 Å². The molecule has 7 heteroatoms. The minimum Gasteiger partial charge on any atom is -0.379 e. The number of hydrogen-bond donors (Lipinski definition) is 2. The number of carbonyl (C=O) groups is 1. The van der Waals surface area contributed by atoms with Crippen molar-refractivity contribution < 1.29 is 9.53 Å². The summed E-state index contributed by atoms with van der Waals surface area (Å²) in [4.78, 5) is 14.4. The van der Waals surface area contributed by atoms with Crippen molar-refractivity contribution in [3.8, 4) is 0 Å². The molecule has 2 aromatic rings. The summed E-state index contributed by atoms with van der Waals surface area (Å²) in [5.74, 6) is 0.406. The third kappa shape index (κ3) is 5.24. The predicted molar refractivity (Wildman–Crippen MR) is 101 cm³/mol. The standard InChI is InChI=1S/C19H25N5O2/c1-2-15-3-5-16(6-4-15)21-18-8-7-17(22-23-18)19(25)20-9-10-24-11-13-26-14-12-24/h3-8H,2,9-14H2,1H3,(H,20,25)(H,21,23). The number of aromatic nitrogens is 2. The molecule has 1 aromatic heterocycles. The van der Waals surface area contributed by atoms with Gasteiger partial charge in [0.25, 0.3) is 5.91 Å². The zero-order valence-corrected chi connectivity index (χ0v) is 15.1. The zero-order chi connectivity index (χ0) is 18.2. The third-order valence-corrected chi connectivity index (χ3v) is 4.35. The number of benzene rings is 1. The summed E-state index contributed by atoms with van der Waals surface area (Å²) in [5.41, 5.74) is 2.55. The van der Waals surface area contributed by atoms with Gasteiger partial charge in [0, 0.05) is 31.9 Å². The highest BCUT2D eigenvalue weighted by Crippen LogP contribution is 2.15. The fraction of sp³-hybridized carbons (Fsp3) is 0.421. The number of hydrogen-bond acceptors (Lipinski definition) is 6. The van der Waals surface area contributed by atoms with Crippen LogP contribution in [0.4, 0.5) is 11.5 Å². The summed E-state index contributed by atoms with van der Waals surface area (Å²) in [5, 5.41) is 14.2. The van der Waals surface area contributed by atoms with Gasteiger partial charge in [-0.1, -0.05) is 19.1 Å². The molecule has 1 aromatic carbocycles. The normalized spacial score (nSPS) is 14.8. The molecule has 0 radical (unpaired) electrons.